The fraction of sp³-hybridized carbons (Fsp3) is 0.471. The van der Waals surface area contributed by atoms with Gasteiger partial charge >= 0.3 is 0 Å². The van der Waals surface area contributed by atoms with E-state index in [9.17, 15) is 4.79 Å². The Balaban J connectivity index is 1.63. The first-order valence-corrected chi connectivity index (χ1v) is 9.03. The van der Waals surface area contributed by atoms with Crippen LogP contribution in [0.15, 0.2) is 29.9 Å². The van der Waals surface area contributed by atoms with E-state index in [0.29, 0.717) is 18.9 Å². The Kier molecular flexibility index (Phi) is 5.30. The second kappa shape index (κ2) is 7.61. The molecule has 1 aliphatic rings. The van der Waals surface area contributed by atoms with Gasteiger partial charge in [0, 0.05) is 37.4 Å². The van der Waals surface area contributed by atoms with Crippen molar-refractivity contribution in [2.75, 3.05) is 31.6 Å². The maximum absolute atomic E-state index is 12.5. The Morgan fingerprint density at radius 2 is 2.29 bits per heavy atom. The van der Waals surface area contributed by atoms with Crippen LogP contribution in [0.3, 0.4) is 0 Å². The molecule has 128 valence electrons. The molecule has 2 aromatic heterocycles. The molecule has 0 unspecified atom stereocenters. The molecule has 0 N–H and O–H groups in total. The molecule has 0 radical (unpaired) electrons. The summed E-state index contributed by atoms with van der Waals surface area (Å²) in [4.78, 5) is 26.3. The van der Waals surface area contributed by atoms with Gasteiger partial charge in [0.1, 0.15) is 0 Å². The van der Waals surface area contributed by atoms with Crippen molar-refractivity contribution in [1.82, 2.24) is 14.9 Å². The topological polar surface area (TPSA) is 58.6 Å². The van der Waals surface area contributed by atoms with E-state index in [4.69, 9.17) is 4.74 Å². The van der Waals surface area contributed by atoms with Gasteiger partial charge in [-0.25, -0.2) is 9.97 Å². The standard InChI is InChI=1S/C17H22N4O2S/c1-3-23-17-16(18-7-8-19-17)21-9-6-13(12-21)20(2)15(22)11-14-5-4-10-24-14/h4-5,7-8,10,13H,3,6,9,11-12H2,1-2H3/t13-/m1/s1. The van der Waals surface area contributed by atoms with Crippen molar-refractivity contribution < 1.29 is 9.53 Å². The zero-order valence-electron chi connectivity index (χ0n) is 14.0. The predicted octanol–water partition coefficient (Wildman–Crippen LogP) is 2.22. The fourth-order valence-corrected chi connectivity index (χ4v) is 3.61. The molecule has 0 aromatic carbocycles. The summed E-state index contributed by atoms with van der Waals surface area (Å²) in [5.74, 6) is 1.49. The van der Waals surface area contributed by atoms with Crippen molar-refractivity contribution in [2.45, 2.75) is 25.8 Å². The van der Waals surface area contributed by atoms with Crippen molar-refractivity contribution in [3.8, 4) is 5.88 Å². The first-order valence-electron chi connectivity index (χ1n) is 8.15. The number of likely N-dealkylation sites (N-methyl/N-ethyl adjacent to an activating group) is 1. The summed E-state index contributed by atoms with van der Waals surface area (Å²) < 4.78 is 5.57. The molecule has 7 heteroatoms. The molecular formula is C17H22N4O2S. The number of thiophene rings is 1. The number of rotatable bonds is 6. The molecule has 0 spiro atoms. The lowest BCUT2D eigenvalue weighted by Crippen LogP contribution is -2.39. The van der Waals surface area contributed by atoms with Crippen molar-refractivity contribution in [2.24, 2.45) is 0 Å². The monoisotopic (exact) mass is 346 g/mol. The van der Waals surface area contributed by atoms with E-state index in [-0.39, 0.29) is 11.9 Å². The molecule has 1 saturated heterocycles. The Hall–Kier alpha value is -2.15. The number of ether oxygens (including phenoxy) is 1. The summed E-state index contributed by atoms with van der Waals surface area (Å²) in [5, 5.41) is 2.00. The van der Waals surface area contributed by atoms with Crippen LogP contribution >= 0.6 is 11.3 Å². The number of hydrogen-bond donors (Lipinski definition) is 0. The van der Waals surface area contributed by atoms with Gasteiger partial charge in [0.05, 0.1) is 19.1 Å². The molecule has 1 atom stereocenters. The highest BCUT2D eigenvalue weighted by Crippen LogP contribution is 2.27. The lowest BCUT2D eigenvalue weighted by Gasteiger charge is -2.25. The highest BCUT2D eigenvalue weighted by Gasteiger charge is 2.30. The minimum Gasteiger partial charge on any atom is -0.475 e. The summed E-state index contributed by atoms with van der Waals surface area (Å²) in [6, 6.07) is 4.17. The van der Waals surface area contributed by atoms with Crippen molar-refractivity contribution >= 4 is 23.1 Å². The maximum Gasteiger partial charge on any atom is 0.257 e. The summed E-state index contributed by atoms with van der Waals surface area (Å²) in [6.07, 6.45) is 4.71. The molecule has 1 fully saturated rings. The molecular weight excluding hydrogens is 324 g/mol. The Morgan fingerprint density at radius 1 is 1.46 bits per heavy atom. The lowest BCUT2D eigenvalue weighted by molar-refractivity contribution is -0.130. The molecule has 2 aromatic rings. The first-order chi connectivity index (χ1) is 11.7. The average molecular weight is 346 g/mol. The largest absolute Gasteiger partial charge is 0.475 e. The maximum atomic E-state index is 12.5. The van der Waals surface area contributed by atoms with Crippen molar-refractivity contribution in [3.63, 3.8) is 0 Å². The van der Waals surface area contributed by atoms with Crippen LogP contribution in [0.25, 0.3) is 0 Å². The van der Waals surface area contributed by atoms with Crippen LogP contribution < -0.4 is 9.64 Å². The number of carbonyl (C=O) groups is 1. The molecule has 24 heavy (non-hydrogen) atoms. The van der Waals surface area contributed by atoms with Gasteiger partial charge in [0.25, 0.3) is 5.88 Å². The number of amides is 1. The van der Waals surface area contributed by atoms with E-state index >= 15 is 0 Å². The zero-order chi connectivity index (χ0) is 16.9. The van der Waals surface area contributed by atoms with Crippen molar-refractivity contribution in [1.29, 1.82) is 0 Å². The second-order valence-corrected chi connectivity index (χ2v) is 6.80. The van der Waals surface area contributed by atoms with E-state index in [1.165, 1.54) is 0 Å². The van der Waals surface area contributed by atoms with Gasteiger partial charge in [-0.3, -0.25) is 4.79 Å². The summed E-state index contributed by atoms with van der Waals surface area (Å²) in [7, 11) is 1.89. The highest BCUT2D eigenvalue weighted by atomic mass is 32.1. The van der Waals surface area contributed by atoms with Gasteiger partial charge in [0.2, 0.25) is 5.91 Å². The van der Waals surface area contributed by atoms with Gasteiger partial charge in [0.15, 0.2) is 5.82 Å². The normalized spacial score (nSPS) is 17.1. The molecule has 3 rings (SSSR count). The number of nitrogens with zero attached hydrogens (tertiary/aromatic N) is 4. The third-order valence-electron chi connectivity index (χ3n) is 4.24. The van der Waals surface area contributed by atoms with Gasteiger partial charge in [-0.1, -0.05) is 6.07 Å². The number of hydrogen-bond acceptors (Lipinski definition) is 6. The van der Waals surface area contributed by atoms with E-state index in [0.717, 1.165) is 30.2 Å². The third kappa shape index (κ3) is 3.67. The van der Waals surface area contributed by atoms with Crippen LogP contribution in [-0.2, 0) is 11.2 Å². The Morgan fingerprint density at radius 3 is 3.04 bits per heavy atom. The van der Waals surface area contributed by atoms with Crippen LogP contribution in [0.4, 0.5) is 5.82 Å². The smallest absolute Gasteiger partial charge is 0.257 e. The molecule has 3 heterocycles. The van der Waals surface area contributed by atoms with Crippen LogP contribution in [0.1, 0.15) is 18.2 Å². The van der Waals surface area contributed by atoms with E-state index in [1.54, 1.807) is 23.7 Å². The second-order valence-electron chi connectivity index (χ2n) is 5.77. The Bertz CT molecular complexity index is 677. The molecule has 6 nitrogen and oxygen atoms in total. The summed E-state index contributed by atoms with van der Waals surface area (Å²) >= 11 is 1.62. The van der Waals surface area contributed by atoms with E-state index in [1.807, 2.05) is 36.4 Å². The predicted molar refractivity (Wildman–Crippen MR) is 94.6 cm³/mol. The van der Waals surface area contributed by atoms with Crippen LogP contribution in [0, 0.1) is 0 Å². The number of aromatic nitrogens is 2. The number of carbonyl (C=O) groups excluding carboxylic acids is 1. The SMILES string of the molecule is CCOc1nccnc1N1CC[C@@H](N(C)C(=O)Cc2cccs2)C1. The molecule has 0 bridgehead atoms. The third-order valence-corrected chi connectivity index (χ3v) is 5.11. The molecule has 0 saturated carbocycles. The first kappa shape index (κ1) is 16.7. The molecule has 1 aliphatic heterocycles. The lowest BCUT2D eigenvalue weighted by atomic mass is 10.2. The minimum atomic E-state index is 0.161. The van der Waals surface area contributed by atoms with Gasteiger partial charge in [-0.2, -0.15) is 0 Å². The minimum absolute atomic E-state index is 0.161. The molecule has 1 amide bonds. The van der Waals surface area contributed by atoms with Crippen LogP contribution in [-0.4, -0.2) is 53.6 Å². The van der Waals surface area contributed by atoms with Gasteiger partial charge < -0.3 is 14.5 Å². The fourth-order valence-electron chi connectivity index (χ4n) is 2.91. The quantitative estimate of drug-likeness (QED) is 0.803. The van der Waals surface area contributed by atoms with Crippen LogP contribution in [0.5, 0.6) is 5.88 Å². The number of anilines is 1. The molecule has 0 aliphatic carbocycles. The van der Waals surface area contributed by atoms with Gasteiger partial charge in [-0.05, 0) is 24.8 Å². The van der Waals surface area contributed by atoms with Crippen LogP contribution in [0.2, 0.25) is 0 Å². The summed E-state index contributed by atoms with van der Waals surface area (Å²) in [6.45, 7) is 4.09. The Labute approximate surface area is 146 Å². The van der Waals surface area contributed by atoms with Gasteiger partial charge in [-0.15, -0.1) is 11.3 Å². The average Bonchev–Trinajstić information content (AvgIpc) is 3.26. The van der Waals surface area contributed by atoms with Crippen molar-refractivity contribution in [3.05, 3.63) is 34.8 Å². The highest BCUT2D eigenvalue weighted by molar-refractivity contribution is 7.10. The summed E-state index contributed by atoms with van der Waals surface area (Å²) in [5.41, 5.74) is 0. The van der Waals surface area contributed by atoms with E-state index < -0.39 is 0 Å². The zero-order valence-corrected chi connectivity index (χ0v) is 14.8. The van der Waals surface area contributed by atoms with E-state index in [2.05, 4.69) is 14.9 Å².